The zero-order chi connectivity index (χ0) is 22.4. The molecular weight excluding hydrogens is 392 g/mol. The van der Waals surface area contributed by atoms with Crippen molar-refractivity contribution >= 4 is 27.6 Å². The third-order valence-corrected chi connectivity index (χ3v) is 7.19. The fourth-order valence-electron chi connectivity index (χ4n) is 5.57. The van der Waals surface area contributed by atoms with Gasteiger partial charge in [0.2, 0.25) is 5.69 Å². The Balaban J connectivity index is 1.93. The molecule has 0 N–H and O–H groups in total. The molecule has 4 aromatic rings. The lowest BCUT2D eigenvalue weighted by molar-refractivity contribution is -0.660. The molecule has 3 heteroatoms. The minimum Gasteiger partial charge on any atom is -0.455 e. The van der Waals surface area contributed by atoms with Crippen LogP contribution in [0.4, 0.5) is 5.69 Å². The highest BCUT2D eigenvalue weighted by Gasteiger charge is 2.27. The van der Waals surface area contributed by atoms with Crippen LogP contribution in [0.3, 0.4) is 0 Å². The van der Waals surface area contributed by atoms with Gasteiger partial charge in [0.15, 0.2) is 11.9 Å². The minimum atomic E-state index is 0.366. The first-order chi connectivity index (χ1) is 15.5. The summed E-state index contributed by atoms with van der Waals surface area (Å²) in [7, 11) is 2.09. The maximum absolute atomic E-state index is 7.76. The molecule has 0 saturated heterocycles. The fourth-order valence-corrected chi connectivity index (χ4v) is 5.57. The standard InChI is InChI=1S/C29H31N2O/c1-18(2)22-15-19(3)26(25-13-9-10-14-31(25)5)29-27(22)24-17-21(30-4)16-23(28(24)32-29)20-11-7-6-8-12-20/h9-10,13-18,20H,6-8,11-12H2,1-3,5H3/q+1. The van der Waals surface area contributed by atoms with Gasteiger partial charge in [0.25, 0.3) is 0 Å². The first-order valence-corrected chi connectivity index (χ1v) is 11.9. The molecule has 0 spiro atoms. The Kier molecular flexibility index (Phi) is 5.25. The summed E-state index contributed by atoms with van der Waals surface area (Å²) in [4.78, 5) is 3.85. The Bertz CT molecular complexity index is 1360. The van der Waals surface area contributed by atoms with Crippen molar-refractivity contribution in [2.24, 2.45) is 7.05 Å². The largest absolute Gasteiger partial charge is 0.455 e. The summed E-state index contributed by atoms with van der Waals surface area (Å²) < 4.78 is 9.00. The summed E-state index contributed by atoms with van der Waals surface area (Å²) >= 11 is 0. The van der Waals surface area contributed by atoms with E-state index in [4.69, 9.17) is 11.0 Å². The maximum atomic E-state index is 7.76. The summed E-state index contributed by atoms with van der Waals surface area (Å²) in [5, 5.41) is 2.29. The monoisotopic (exact) mass is 423 g/mol. The van der Waals surface area contributed by atoms with E-state index in [0.717, 1.165) is 33.5 Å². The molecule has 0 bridgehead atoms. The van der Waals surface area contributed by atoms with Gasteiger partial charge in [-0.3, -0.25) is 0 Å². The zero-order valence-electron chi connectivity index (χ0n) is 19.5. The van der Waals surface area contributed by atoms with Crippen LogP contribution in [0, 0.1) is 13.5 Å². The number of rotatable bonds is 3. The molecule has 0 amide bonds. The molecule has 3 nitrogen and oxygen atoms in total. The summed E-state index contributed by atoms with van der Waals surface area (Å²) in [6, 6.07) is 12.8. The smallest absolute Gasteiger partial charge is 0.216 e. The van der Waals surface area contributed by atoms with Crippen molar-refractivity contribution < 1.29 is 8.98 Å². The van der Waals surface area contributed by atoms with Crippen LogP contribution in [0.1, 0.15) is 74.5 Å². The highest BCUT2D eigenvalue weighted by atomic mass is 16.3. The summed E-state index contributed by atoms with van der Waals surface area (Å²) in [6.07, 6.45) is 8.29. The van der Waals surface area contributed by atoms with Crippen molar-refractivity contribution in [3.05, 3.63) is 70.7 Å². The number of pyridine rings is 1. The van der Waals surface area contributed by atoms with Gasteiger partial charge in [0, 0.05) is 22.9 Å². The molecule has 0 unspecified atom stereocenters. The van der Waals surface area contributed by atoms with Gasteiger partial charge in [-0.25, -0.2) is 9.41 Å². The van der Waals surface area contributed by atoms with Crippen molar-refractivity contribution in [3.8, 4) is 11.3 Å². The van der Waals surface area contributed by atoms with Gasteiger partial charge in [0.1, 0.15) is 18.2 Å². The molecule has 162 valence electrons. The SMILES string of the molecule is [C-]#[N+]c1cc(C2CCCCC2)c2oc3c(-c4cccc[n+]4C)c(C)cc(C(C)C)c3c2c1. The van der Waals surface area contributed by atoms with E-state index in [2.05, 4.69) is 79.8 Å². The van der Waals surface area contributed by atoms with E-state index >= 15 is 0 Å². The average Bonchev–Trinajstić information content (AvgIpc) is 3.18. The Morgan fingerprint density at radius 3 is 2.53 bits per heavy atom. The summed E-state index contributed by atoms with van der Waals surface area (Å²) in [6.45, 7) is 14.4. The highest BCUT2D eigenvalue weighted by molar-refractivity contribution is 6.13. The van der Waals surface area contributed by atoms with E-state index in [1.165, 1.54) is 54.2 Å². The first kappa shape index (κ1) is 20.8. The van der Waals surface area contributed by atoms with Crippen LogP contribution < -0.4 is 4.57 Å². The molecule has 2 aromatic heterocycles. The van der Waals surface area contributed by atoms with Gasteiger partial charge in [-0.2, -0.15) is 0 Å². The van der Waals surface area contributed by atoms with Crippen molar-refractivity contribution in [1.82, 2.24) is 0 Å². The molecule has 2 heterocycles. The zero-order valence-corrected chi connectivity index (χ0v) is 19.5. The topological polar surface area (TPSA) is 21.4 Å². The molecule has 0 atom stereocenters. The van der Waals surface area contributed by atoms with Gasteiger partial charge in [0.05, 0.1) is 12.1 Å². The lowest BCUT2D eigenvalue weighted by atomic mass is 9.83. The quantitative estimate of drug-likeness (QED) is 0.241. The van der Waals surface area contributed by atoms with Crippen molar-refractivity contribution in [2.75, 3.05) is 0 Å². The summed E-state index contributed by atoms with van der Waals surface area (Å²) in [5.74, 6) is 0.846. The van der Waals surface area contributed by atoms with Gasteiger partial charge < -0.3 is 4.42 Å². The second kappa shape index (κ2) is 8.10. The number of benzene rings is 2. The Hall–Kier alpha value is -3.12. The molecule has 2 aromatic carbocycles. The second-order valence-electron chi connectivity index (χ2n) is 9.67. The first-order valence-electron chi connectivity index (χ1n) is 11.9. The molecule has 0 aliphatic heterocycles. The van der Waals surface area contributed by atoms with Crippen LogP contribution >= 0.6 is 0 Å². The lowest BCUT2D eigenvalue weighted by Gasteiger charge is -2.22. The fraction of sp³-hybridized carbons (Fsp3) is 0.379. The van der Waals surface area contributed by atoms with Crippen molar-refractivity contribution in [3.63, 3.8) is 0 Å². The van der Waals surface area contributed by atoms with Crippen LogP contribution in [-0.2, 0) is 7.05 Å². The molecular formula is C29H31N2O+. The van der Waals surface area contributed by atoms with E-state index in [0.29, 0.717) is 11.8 Å². The van der Waals surface area contributed by atoms with E-state index in [-0.39, 0.29) is 0 Å². The van der Waals surface area contributed by atoms with Gasteiger partial charge in [-0.05, 0) is 66.5 Å². The van der Waals surface area contributed by atoms with Crippen molar-refractivity contribution in [2.45, 2.75) is 64.7 Å². The molecule has 0 radical (unpaired) electrons. The van der Waals surface area contributed by atoms with E-state index in [9.17, 15) is 0 Å². The van der Waals surface area contributed by atoms with E-state index in [1.54, 1.807) is 0 Å². The highest BCUT2D eigenvalue weighted by Crippen LogP contribution is 2.46. The average molecular weight is 424 g/mol. The Morgan fingerprint density at radius 2 is 1.84 bits per heavy atom. The second-order valence-corrected chi connectivity index (χ2v) is 9.67. The number of fused-ring (bicyclic) bond motifs is 3. The normalized spacial score (nSPS) is 15.0. The van der Waals surface area contributed by atoms with Gasteiger partial charge >= 0.3 is 0 Å². The predicted octanol–water partition coefficient (Wildman–Crippen LogP) is 8.11. The molecule has 1 aliphatic rings. The molecule has 1 saturated carbocycles. The number of aryl methyl sites for hydroxylation is 2. The third kappa shape index (κ3) is 3.30. The maximum Gasteiger partial charge on any atom is 0.216 e. The molecule has 5 rings (SSSR count). The van der Waals surface area contributed by atoms with Crippen molar-refractivity contribution in [1.29, 1.82) is 0 Å². The number of furan rings is 1. The van der Waals surface area contributed by atoms with E-state index in [1.807, 2.05) is 0 Å². The van der Waals surface area contributed by atoms with Crippen LogP contribution in [0.5, 0.6) is 0 Å². The van der Waals surface area contributed by atoms with Crippen LogP contribution in [-0.4, -0.2) is 0 Å². The number of hydrogen-bond acceptors (Lipinski definition) is 1. The summed E-state index contributed by atoms with van der Waals surface area (Å²) in [5.41, 5.74) is 8.75. The number of hydrogen-bond donors (Lipinski definition) is 0. The van der Waals surface area contributed by atoms with Crippen LogP contribution in [0.25, 0.3) is 38.0 Å². The molecule has 1 fully saturated rings. The van der Waals surface area contributed by atoms with Gasteiger partial charge in [-0.1, -0.05) is 39.2 Å². The predicted molar refractivity (Wildman–Crippen MR) is 131 cm³/mol. The Morgan fingerprint density at radius 1 is 1.06 bits per heavy atom. The van der Waals surface area contributed by atoms with Gasteiger partial charge in [-0.15, -0.1) is 0 Å². The number of nitrogens with zero attached hydrogens (tertiary/aromatic N) is 2. The Labute approximate surface area is 190 Å². The van der Waals surface area contributed by atoms with Crippen LogP contribution in [0.15, 0.2) is 47.0 Å². The lowest BCUT2D eigenvalue weighted by Crippen LogP contribution is -2.30. The van der Waals surface area contributed by atoms with E-state index < -0.39 is 0 Å². The molecule has 1 aliphatic carbocycles. The minimum absolute atomic E-state index is 0.366. The van der Waals surface area contributed by atoms with Crippen LogP contribution in [0.2, 0.25) is 0 Å². The third-order valence-electron chi connectivity index (χ3n) is 7.19. The molecule has 32 heavy (non-hydrogen) atoms. The number of aromatic nitrogens is 1.